The summed E-state index contributed by atoms with van der Waals surface area (Å²) in [6.45, 7) is 4.91. The molecule has 0 aromatic carbocycles. The van der Waals surface area contributed by atoms with E-state index in [2.05, 4.69) is 24.0 Å². The van der Waals surface area contributed by atoms with Crippen molar-refractivity contribution in [2.75, 3.05) is 6.54 Å². The first-order chi connectivity index (χ1) is 6.80. The number of aromatic nitrogens is 2. The number of hydrogen-bond donors (Lipinski definition) is 1. The van der Waals surface area contributed by atoms with Gasteiger partial charge in [0.25, 0.3) is 0 Å². The molecule has 1 unspecified atom stereocenters. The first-order valence-electron chi connectivity index (χ1n) is 5.31. The maximum atomic E-state index is 5.61. The Labute approximate surface area is 84.9 Å². The molecule has 0 amide bonds. The molecular formula is C10H19N3O. The highest BCUT2D eigenvalue weighted by atomic mass is 16.5. The molecule has 0 saturated heterocycles. The van der Waals surface area contributed by atoms with Crippen molar-refractivity contribution >= 4 is 0 Å². The topological polar surface area (TPSA) is 64.9 Å². The van der Waals surface area contributed by atoms with Crippen molar-refractivity contribution in [2.24, 2.45) is 11.7 Å². The Kier molecular flexibility index (Phi) is 4.59. The molecule has 0 aliphatic heterocycles. The molecule has 0 radical (unpaired) electrons. The zero-order valence-corrected chi connectivity index (χ0v) is 8.99. The summed E-state index contributed by atoms with van der Waals surface area (Å²) >= 11 is 0. The number of nitrogens with two attached hydrogens (primary N) is 1. The zero-order chi connectivity index (χ0) is 10.4. The lowest BCUT2D eigenvalue weighted by atomic mass is 10.0. The van der Waals surface area contributed by atoms with E-state index in [0.717, 1.165) is 37.4 Å². The summed E-state index contributed by atoms with van der Waals surface area (Å²) in [5.74, 6) is 2.00. The average Bonchev–Trinajstić information content (AvgIpc) is 2.63. The van der Waals surface area contributed by atoms with Crippen molar-refractivity contribution in [1.29, 1.82) is 0 Å². The number of rotatable bonds is 6. The quantitative estimate of drug-likeness (QED) is 0.751. The van der Waals surface area contributed by atoms with Gasteiger partial charge in [-0.2, -0.15) is 4.98 Å². The second-order valence-corrected chi connectivity index (χ2v) is 3.57. The van der Waals surface area contributed by atoms with Crippen LogP contribution in [0.4, 0.5) is 0 Å². The fourth-order valence-corrected chi connectivity index (χ4v) is 1.34. The van der Waals surface area contributed by atoms with Gasteiger partial charge in [-0.1, -0.05) is 25.4 Å². The van der Waals surface area contributed by atoms with E-state index in [4.69, 9.17) is 10.3 Å². The maximum Gasteiger partial charge on any atom is 0.226 e. The molecule has 14 heavy (non-hydrogen) atoms. The van der Waals surface area contributed by atoms with Crippen molar-refractivity contribution < 1.29 is 4.52 Å². The average molecular weight is 197 g/mol. The molecule has 4 heteroatoms. The van der Waals surface area contributed by atoms with Crippen molar-refractivity contribution in [1.82, 2.24) is 10.1 Å². The van der Waals surface area contributed by atoms with Crippen LogP contribution in [0.1, 0.15) is 38.4 Å². The van der Waals surface area contributed by atoms with Crippen LogP contribution < -0.4 is 5.73 Å². The number of nitrogens with zero attached hydrogens (tertiary/aromatic N) is 2. The van der Waals surface area contributed by atoms with Gasteiger partial charge in [0.1, 0.15) is 0 Å². The summed E-state index contributed by atoms with van der Waals surface area (Å²) in [5.41, 5.74) is 5.61. The second kappa shape index (κ2) is 5.75. The fourth-order valence-electron chi connectivity index (χ4n) is 1.34. The van der Waals surface area contributed by atoms with Crippen molar-refractivity contribution in [3.05, 3.63) is 11.7 Å². The van der Waals surface area contributed by atoms with E-state index in [9.17, 15) is 0 Å². The normalized spacial score (nSPS) is 13.1. The lowest BCUT2D eigenvalue weighted by Crippen LogP contribution is -2.16. The van der Waals surface area contributed by atoms with Gasteiger partial charge in [-0.05, 0) is 18.9 Å². The predicted octanol–water partition coefficient (Wildman–Crippen LogP) is 1.55. The number of aryl methyl sites for hydroxylation is 1. The third-order valence-electron chi connectivity index (χ3n) is 2.36. The molecule has 1 aromatic rings. The molecular weight excluding hydrogens is 178 g/mol. The van der Waals surface area contributed by atoms with E-state index >= 15 is 0 Å². The molecule has 80 valence electrons. The Bertz CT molecular complexity index is 256. The molecule has 0 spiro atoms. The van der Waals surface area contributed by atoms with E-state index in [-0.39, 0.29) is 0 Å². The largest absolute Gasteiger partial charge is 0.339 e. The van der Waals surface area contributed by atoms with Gasteiger partial charge in [0.15, 0.2) is 5.82 Å². The van der Waals surface area contributed by atoms with E-state index in [1.165, 1.54) is 0 Å². The van der Waals surface area contributed by atoms with Crippen LogP contribution in [0.2, 0.25) is 0 Å². The first kappa shape index (κ1) is 11.2. The van der Waals surface area contributed by atoms with Crippen LogP contribution >= 0.6 is 0 Å². The van der Waals surface area contributed by atoms with Gasteiger partial charge < -0.3 is 10.3 Å². The van der Waals surface area contributed by atoms with Crippen LogP contribution in [-0.2, 0) is 12.8 Å². The third kappa shape index (κ3) is 3.10. The Morgan fingerprint density at radius 3 is 2.79 bits per heavy atom. The minimum absolute atomic E-state index is 0.463. The fraction of sp³-hybridized carbons (Fsp3) is 0.800. The summed E-state index contributed by atoms with van der Waals surface area (Å²) in [5, 5.41) is 3.90. The maximum absolute atomic E-state index is 5.61. The molecule has 1 atom stereocenters. The van der Waals surface area contributed by atoms with Crippen molar-refractivity contribution in [2.45, 2.75) is 39.5 Å². The van der Waals surface area contributed by atoms with Gasteiger partial charge in [0, 0.05) is 12.8 Å². The van der Waals surface area contributed by atoms with Crippen LogP contribution in [0.3, 0.4) is 0 Å². The van der Waals surface area contributed by atoms with E-state index in [1.54, 1.807) is 0 Å². The van der Waals surface area contributed by atoms with Crippen molar-refractivity contribution in [3.8, 4) is 0 Å². The lowest BCUT2D eigenvalue weighted by Gasteiger charge is -2.07. The molecule has 0 aliphatic carbocycles. The van der Waals surface area contributed by atoms with Gasteiger partial charge in [0.05, 0.1) is 0 Å². The smallest absolute Gasteiger partial charge is 0.226 e. The lowest BCUT2D eigenvalue weighted by molar-refractivity contribution is 0.347. The number of hydrogen-bond acceptors (Lipinski definition) is 4. The Morgan fingerprint density at radius 2 is 2.21 bits per heavy atom. The highest BCUT2D eigenvalue weighted by Gasteiger charge is 2.11. The van der Waals surface area contributed by atoms with Crippen LogP contribution in [0.15, 0.2) is 4.52 Å². The summed E-state index contributed by atoms with van der Waals surface area (Å²) in [6.07, 6.45) is 3.81. The summed E-state index contributed by atoms with van der Waals surface area (Å²) < 4.78 is 5.13. The summed E-state index contributed by atoms with van der Waals surface area (Å²) in [4.78, 5) is 4.30. The minimum Gasteiger partial charge on any atom is -0.339 e. The van der Waals surface area contributed by atoms with Gasteiger partial charge in [-0.3, -0.25) is 0 Å². The highest BCUT2D eigenvalue weighted by molar-refractivity contribution is 4.88. The highest BCUT2D eigenvalue weighted by Crippen LogP contribution is 2.09. The Hall–Kier alpha value is -0.900. The summed E-state index contributed by atoms with van der Waals surface area (Å²) in [7, 11) is 0. The molecule has 0 aliphatic rings. The van der Waals surface area contributed by atoms with Crippen LogP contribution in [0.25, 0.3) is 0 Å². The molecule has 0 fully saturated rings. The summed E-state index contributed by atoms with van der Waals surface area (Å²) in [6, 6.07) is 0. The van der Waals surface area contributed by atoms with Gasteiger partial charge in [-0.15, -0.1) is 0 Å². The Balaban J connectivity index is 2.49. The minimum atomic E-state index is 0.463. The zero-order valence-electron chi connectivity index (χ0n) is 8.99. The molecule has 1 aromatic heterocycles. The standard InChI is InChI=1S/C10H19N3O/c1-3-5-9-12-10(14-13-9)6-8(4-2)7-11/h8H,3-7,11H2,1-2H3. The molecule has 0 saturated carbocycles. The van der Waals surface area contributed by atoms with Crippen LogP contribution in [-0.4, -0.2) is 16.7 Å². The monoisotopic (exact) mass is 197 g/mol. The van der Waals surface area contributed by atoms with Crippen molar-refractivity contribution in [3.63, 3.8) is 0 Å². The second-order valence-electron chi connectivity index (χ2n) is 3.57. The van der Waals surface area contributed by atoms with Crippen LogP contribution in [0.5, 0.6) is 0 Å². The van der Waals surface area contributed by atoms with E-state index in [1.807, 2.05) is 0 Å². The SMILES string of the molecule is CCCc1noc(CC(CC)CN)n1. The molecule has 2 N–H and O–H groups in total. The van der Waals surface area contributed by atoms with Crippen LogP contribution in [0, 0.1) is 5.92 Å². The Morgan fingerprint density at radius 1 is 1.43 bits per heavy atom. The first-order valence-corrected chi connectivity index (χ1v) is 5.31. The van der Waals surface area contributed by atoms with Gasteiger partial charge in [-0.25, -0.2) is 0 Å². The molecule has 1 rings (SSSR count). The molecule has 1 heterocycles. The van der Waals surface area contributed by atoms with E-state index < -0.39 is 0 Å². The third-order valence-corrected chi connectivity index (χ3v) is 2.36. The molecule has 4 nitrogen and oxygen atoms in total. The molecule has 0 bridgehead atoms. The van der Waals surface area contributed by atoms with Gasteiger partial charge >= 0.3 is 0 Å². The van der Waals surface area contributed by atoms with E-state index in [0.29, 0.717) is 12.5 Å². The van der Waals surface area contributed by atoms with Gasteiger partial charge in [0.2, 0.25) is 5.89 Å². The predicted molar refractivity (Wildman–Crippen MR) is 54.8 cm³/mol.